The predicted octanol–water partition coefficient (Wildman–Crippen LogP) is 2.25. The molecule has 1 fully saturated rings. The third-order valence-corrected chi connectivity index (χ3v) is 3.87. The molecule has 2 aromatic rings. The van der Waals surface area contributed by atoms with Gasteiger partial charge in [0, 0.05) is 19.5 Å². The molecule has 0 spiro atoms. The van der Waals surface area contributed by atoms with Crippen molar-refractivity contribution in [2.75, 3.05) is 13.1 Å². The zero-order chi connectivity index (χ0) is 12.5. The van der Waals surface area contributed by atoms with Crippen LogP contribution in [0.1, 0.15) is 18.7 Å². The van der Waals surface area contributed by atoms with Gasteiger partial charge < -0.3 is 9.88 Å². The van der Waals surface area contributed by atoms with Gasteiger partial charge in [-0.2, -0.15) is 0 Å². The molecule has 3 rings (SSSR count). The van der Waals surface area contributed by atoms with Gasteiger partial charge in [-0.05, 0) is 44.0 Å². The highest BCUT2D eigenvalue weighted by Crippen LogP contribution is 2.20. The van der Waals surface area contributed by atoms with E-state index in [9.17, 15) is 4.39 Å². The minimum atomic E-state index is -0.216. The van der Waals surface area contributed by atoms with E-state index in [1.807, 2.05) is 7.05 Å². The van der Waals surface area contributed by atoms with E-state index in [2.05, 4.69) is 14.9 Å². The molecule has 0 bridgehead atoms. The van der Waals surface area contributed by atoms with Gasteiger partial charge in [0.25, 0.3) is 0 Å². The van der Waals surface area contributed by atoms with Crippen LogP contribution in [0.2, 0.25) is 0 Å². The van der Waals surface area contributed by atoms with Crippen molar-refractivity contribution >= 4 is 11.0 Å². The second-order valence-electron chi connectivity index (χ2n) is 5.12. The average molecular weight is 247 g/mol. The number of nitrogens with zero attached hydrogens (tertiary/aromatic N) is 2. The van der Waals surface area contributed by atoms with Crippen LogP contribution in [-0.2, 0) is 13.5 Å². The fourth-order valence-electron chi connectivity index (χ4n) is 2.74. The van der Waals surface area contributed by atoms with Crippen molar-refractivity contribution in [3.05, 3.63) is 29.8 Å². The lowest BCUT2D eigenvalue weighted by molar-refractivity contribution is 0.520. The number of benzene rings is 1. The standard InChI is InChI=1S/C14H18FN3/c1-18-13-4-3-11(15)8-12(13)17-14(18)5-2-10-6-7-16-9-10/h3-4,8,10,16H,2,5-7,9H2,1H3. The van der Waals surface area contributed by atoms with Crippen LogP contribution in [0.25, 0.3) is 11.0 Å². The van der Waals surface area contributed by atoms with Crippen LogP contribution in [-0.4, -0.2) is 22.6 Å². The second-order valence-corrected chi connectivity index (χ2v) is 5.12. The molecule has 1 aromatic heterocycles. The summed E-state index contributed by atoms with van der Waals surface area (Å²) in [6.45, 7) is 2.26. The molecule has 1 saturated heterocycles. The summed E-state index contributed by atoms with van der Waals surface area (Å²) in [5, 5.41) is 3.38. The number of aromatic nitrogens is 2. The first-order chi connectivity index (χ1) is 8.74. The summed E-state index contributed by atoms with van der Waals surface area (Å²) in [7, 11) is 2.01. The number of hydrogen-bond acceptors (Lipinski definition) is 2. The maximum Gasteiger partial charge on any atom is 0.125 e. The number of imidazole rings is 1. The van der Waals surface area contributed by atoms with E-state index in [0.29, 0.717) is 0 Å². The molecular weight excluding hydrogens is 229 g/mol. The molecule has 1 N–H and O–H groups in total. The van der Waals surface area contributed by atoms with Crippen molar-refractivity contribution in [2.45, 2.75) is 19.3 Å². The zero-order valence-electron chi connectivity index (χ0n) is 10.6. The van der Waals surface area contributed by atoms with E-state index in [-0.39, 0.29) is 5.82 Å². The summed E-state index contributed by atoms with van der Waals surface area (Å²) in [6.07, 6.45) is 3.39. The van der Waals surface area contributed by atoms with Crippen LogP contribution in [0, 0.1) is 11.7 Å². The zero-order valence-corrected chi connectivity index (χ0v) is 10.6. The SMILES string of the molecule is Cn1c(CCC2CCNC2)nc2cc(F)ccc21. The number of aryl methyl sites for hydroxylation is 2. The Morgan fingerprint density at radius 3 is 3.17 bits per heavy atom. The lowest BCUT2D eigenvalue weighted by atomic mass is 10.0. The smallest absolute Gasteiger partial charge is 0.125 e. The van der Waals surface area contributed by atoms with E-state index in [4.69, 9.17) is 0 Å². The van der Waals surface area contributed by atoms with Gasteiger partial charge in [0.1, 0.15) is 11.6 Å². The fourth-order valence-corrected chi connectivity index (χ4v) is 2.74. The number of halogens is 1. The molecule has 96 valence electrons. The van der Waals surface area contributed by atoms with Gasteiger partial charge in [-0.3, -0.25) is 0 Å². The Labute approximate surface area is 106 Å². The van der Waals surface area contributed by atoms with Gasteiger partial charge in [-0.15, -0.1) is 0 Å². The van der Waals surface area contributed by atoms with Crippen LogP contribution in [0.5, 0.6) is 0 Å². The van der Waals surface area contributed by atoms with Crippen molar-refractivity contribution in [3.8, 4) is 0 Å². The van der Waals surface area contributed by atoms with Gasteiger partial charge in [0.05, 0.1) is 11.0 Å². The monoisotopic (exact) mass is 247 g/mol. The molecule has 0 saturated carbocycles. The van der Waals surface area contributed by atoms with Crippen molar-refractivity contribution in [2.24, 2.45) is 13.0 Å². The Morgan fingerprint density at radius 2 is 2.39 bits per heavy atom. The summed E-state index contributed by atoms with van der Waals surface area (Å²) in [6, 6.07) is 4.81. The Hall–Kier alpha value is -1.42. The molecule has 0 radical (unpaired) electrons. The van der Waals surface area contributed by atoms with Gasteiger partial charge in [-0.25, -0.2) is 9.37 Å². The molecule has 1 aliphatic heterocycles. The Morgan fingerprint density at radius 1 is 1.50 bits per heavy atom. The molecule has 3 nitrogen and oxygen atoms in total. The summed E-state index contributed by atoms with van der Waals surface area (Å²) in [5.41, 5.74) is 1.77. The molecule has 0 aliphatic carbocycles. The maximum atomic E-state index is 13.2. The van der Waals surface area contributed by atoms with Gasteiger partial charge in [0.2, 0.25) is 0 Å². The highest BCUT2D eigenvalue weighted by Gasteiger charge is 2.16. The highest BCUT2D eigenvalue weighted by molar-refractivity contribution is 5.75. The summed E-state index contributed by atoms with van der Waals surface area (Å²) >= 11 is 0. The first kappa shape index (κ1) is 11.7. The Kier molecular flexibility index (Phi) is 3.04. The molecule has 2 heterocycles. The second kappa shape index (κ2) is 4.69. The normalized spacial score (nSPS) is 19.8. The van der Waals surface area contributed by atoms with Crippen LogP contribution in [0.3, 0.4) is 0 Å². The van der Waals surface area contributed by atoms with E-state index in [1.165, 1.54) is 18.6 Å². The van der Waals surface area contributed by atoms with Gasteiger partial charge in [-0.1, -0.05) is 0 Å². The quantitative estimate of drug-likeness (QED) is 0.901. The molecule has 1 aliphatic rings. The summed E-state index contributed by atoms with van der Waals surface area (Å²) in [4.78, 5) is 4.54. The Balaban J connectivity index is 1.80. The highest BCUT2D eigenvalue weighted by atomic mass is 19.1. The molecule has 1 unspecified atom stereocenters. The number of hydrogen-bond donors (Lipinski definition) is 1. The lowest BCUT2D eigenvalue weighted by Crippen LogP contribution is -2.10. The first-order valence-corrected chi connectivity index (χ1v) is 6.55. The molecule has 1 aromatic carbocycles. The summed E-state index contributed by atoms with van der Waals surface area (Å²) < 4.78 is 15.2. The van der Waals surface area contributed by atoms with Crippen LogP contribution in [0.15, 0.2) is 18.2 Å². The summed E-state index contributed by atoms with van der Waals surface area (Å²) in [5.74, 6) is 1.61. The predicted molar refractivity (Wildman–Crippen MR) is 70.0 cm³/mol. The van der Waals surface area contributed by atoms with E-state index < -0.39 is 0 Å². The third kappa shape index (κ3) is 2.12. The van der Waals surface area contributed by atoms with Gasteiger partial charge in [0.15, 0.2) is 0 Å². The van der Waals surface area contributed by atoms with Crippen LogP contribution >= 0.6 is 0 Å². The van der Waals surface area contributed by atoms with Crippen molar-refractivity contribution in [3.63, 3.8) is 0 Å². The largest absolute Gasteiger partial charge is 0.331 e. The van der Waals surface area contributed by atoms with E-state index in [1.54, 1.807) is 6.07 Å². The minimum absolute atomic E-state index is 0.216. The van der Waals surface area contributed by atoms with Gasteiger partial charge >= 0.3 is 0 Å². The average Bonchev–Trinajstić information content (AvgIpc) is 2.95. The Bertz CT molecular complexity index is 555. The molecule has 4 heteroatoms. The van der Waals surface area contributed by atoms with Crippen molar-refractivity contribution < 1.29 is 4.39 Å². The number of rotatable bonds is 3. The minimum Gasteiger partial charge on any atom is -0.331 e. The molecule has 0 amide bonds. The van der Waals surface area contributed by atoms with Crippen LogP contribution in [0.4, 0.5) is 4.39 Å². The molecule has 1 atom stereocenters. The topological polar surface area (TPSA) is 29.9 Å². The maximum absolute atomic E-state index is 13.2. The number of nitrogens with one attached hydrogen (secondary N) is 1. The van der Waals surface area contributed by atoms with Crippen molar-refractivity contribution in [1.29, 1.82) is 0 Å². The third-order valence-electron chi connectivity index (χ3n) is 3.87. The molecule has 18 heavy (non-hydrogen) atoms. The van der Waals surface area contributed by atoms with E-state index in [0.717, 1.165) is 48.7 Å². The molecular formula is C14H18FN3. The van der Waals surface area contributed by atoms with Crippen molar-refractivity contribution in [1.82, 2.24) is 14.9 Å². The number of fused-ring (bicyclic) bond motifs is 1. The lowest BCUT2D eigenvalue weighted by Gasteiger charge is -2.07. The fraction of sp³-hybridized carbons (Fsp3) is 0.500. The first-order valence-electron chi connectivity index (χ1n) is 6.55. The van der Waals surface area contributed by atoms with E-state index >= 15 is 0 Å². The van der Waals surface area contributed by atoms with Crippen LogP contribution < -0.4 is 5.32 Å².